The fourth-order valence-corrected chi connectivity index (χ4v) is 4.42. The Morgan fingerprint density at radius 2 is 1.55 bits per heavy atom. The second-order valence-corrected chi connectivity index (χ2v) is 7.01. The van der Waals surface area contributed by atoms with Gasteiger partial charge in [-0.05, 0) is 49.9 Å². The molecule has 22 heavy (non-hydrogen) atoms. The molecule has 116 valence electrons. The number of hydrogen-bond donors (Lipinski definition) is 0. The normalized spacial score (nSPS) is 11.5. The highest BCUT2D eigenvalue weighted by atomic mass is 32.1. The second kappa shape index (κ2) is 6.29. The standard InChI is InChI=1S/C20H24OS/c1-5-7-15-8-9-16-17-10-11-18(21-12-6-2)14(4)20(17)22-19(16)13(15)3/h8-11H,5-7,12H2,1-4H3. The van der Waals surface area contributed by atoms with Crippen LogP contribution in [-0.2, 0) is 6.42 Å². The van der Waals surface area contributed by atoms with Crippen molar-refractivity contribution in [2.24, 2.45) is 0 Å². The van der Waals surface area contributed by atoms with E-state index in [2.05, 4.69) is 52.0 Å². The Labute approximate surface area is 136 Å². The van der Waals surface area contributed by atoms with Crippen LogP contribution in [0, 0.1) is 13.8 Å². The molecular weight excluding hydrogens is 288 g/mol. The van der Waals surface area contributed by atoms with E-state index < -0.39 is 0 Å². The maximum atomic E-state index is 5.89. The summed E-state index contributed by atoms with van der Waals surface area (Å²) < 4.78 is 8.71. The lowest BCUT2D eigenvalue weighted by molar-refractivity contribution is 0.316. The van der Waals surface area contributed by atoms with Crippen LogP contribution in [0.2, 0.25) is 0 Å². The minimum absolute atomic E-state index is 0.789. The Balaban J connectivity index is 2.20. The molecule has 1 heterocycles. The first-order valence-electron chi connectivity index (χ1n) is 8.24. The van der Waals surface area contributed by atoms with E-state index in [0.29, 0.717) is 0 Å². The van der Waals surface area contributed by atoms with Crippen LogP contribution in [0.4, 0.5) is 0 Å². The smallest absolute Gasteiger partial charge is 0.123 e. The van der Waals surface area contributed by atoms with Crippen molar-refractivity contribution in [1.82, 2.24) is 0 Å². The summed E-state index contributed by atoms with van der Waals surface area (Å²) in [5.41, 5.74) is 4.22. The second-order valence-electron chi connectivity index (χ2n) is 5.99. The number of benzene rings is 2. The zero-order valence-electron chi connectivity index (χ0n) is 14.0. The average Bonchev–Trinajstić information content (AvgIpc) is 2.90. The Bertz CT molecular complexity index is 814. The van der Waals surface area contributed by atoms with Crippen molar-refractivity contribution < 1.29 is 4.74 Å². The van der Waals surface area contributed by atoms with E-state index in [9.17, 15) is 0 Å². The molecule has 0 unspecified atom stereocenters. The van der Waals surface area contributed by atoms with Gasteiger partial charge in [-0.15, -0.1) is 11.3 Å². The summed E-state index contributed by atoms with van der Waals surface area (Å²) in [6, 6.07) is 8.97. The largest absolute Gasteiger partial charge is 0.493 e. The fraction of sp³-hybridized carbons (Fsp3) is 0.400. The third kappa shape index (κ3) is 2.50. The Kier molecular flexibility index (Phi) is 4.39. The van der Waals surface area contributed by atoms with E-state index in [0.717, 1.165) is 18.8 Å². The quantitative estimate of drug-likeness (QED) is 0.528. The van der Waals surface area contributed by atoms with Crippen molar-refractivity contribution in [3.63, 3.8) is 0 Å². The van der Waals surface area contributed by atoms with E-state index in [1.807, 2.05) is 11.3 Å². The number of rotatable bonds is 5. The van der Waals surface area contributed by atoms with Gasteiger partial charge in [-0.2, -0.15) is 0 Å². The first-order valence-corrected chi connectivity index (χ1v) is 9.06. The number of ether oxygens (including phenoxy) is 1. The molecule has 3 aromatic rings. The monoisotopic (exact) mass is 312 g/mol. The highest BCUT2D eigenvalue weighted by molar-refractivity contribution is 7.26. The summed E-state index contributed by atoms with van der Waals surface area (Å²) in [5.74, 6) is 1.03. The van der Waals surface area contributed by atoms with Crippen LogP contribution < -0.4 is 4.74 Å². The maximum Gasteiger partial charge on any atom is 0.123 e. The minimum atomic E-state index is 0.789. The van der Waals surface area contributed by atoms with Gasteiger partial charge in [0.2, 0.25) is 0 Å². The zero-order chi connectivity index (χ0) is 15.7. The van der Waals surface area contributed by atoms with Crippen molar-refractivity contribution in [3.05, 3.63) is 41.0 Å². The lowest BCUT2D eigenvalue weighted by Crippen LogP contribution is -1.96. The first kappa shape index (κ1) is 15.4. The predicted octanol–water partition coefficient (Wildman–Crippen LogP) is 6.41. The van der Waals surface area contributed by atoms with Crippen LogP contribution in [0.5, 0.6) is 5.75 Å². The van der Waals surface area contributed by atoms with Gasteiger partial charge in [0.15, 0.2) is 0 Å². The molecule has 0 N–H and O–H groups in total. The van der Waals surface area contributed by atoms with Gasteiger partial charge in [-0.1, -0.05) is 32.4 Å². The summed E-state index contributed by atoms with van der Waals surface area (Å²) in [6.45, 7) is 9.64. The van der Waals surface area contributed by atoms with Gasteiger partial charge in [0, 0.05) is 25.7 Å². The van der Waals surface area contributed by atoms with Crippen molar-refractivity contribution in [2.75, 3.05) is 6.61 Å². The molecule has 0 radical (unpaired) electrons. The van der Waals surface area contributed by atoms with E-state index in [4.69, 9.17) is 4.74 Å². The van der Waals surface area contributed by atoms with Crippen molar-refractivity contribution in [2.45, 2.75) is 47.0 Å². The fourth-order valence-electron chi connectivity index (χ4n) is 3.10. The molecular formula is C20H24OS. The average molecular weight is 312 g/mol. The highest BCUT2D eigenvalue weighted by Crippen LogP contribution is 2.41. The van der Waals surface area contributed by atoms with Gasteiger partial charge in [0.25, 0.3) is 0 Å². The third-order valence-electron chi connectivity index (χ3n) is 4.35. The zero-order valence-corrected chi connectivity index (χ0v) is 14.8. The molecule has 0 amide bonds. The van der Waals surface area contributed by atoms with Gasteiger partial charge >= 0.3 is 0 Å². The van der Waals surface area contributed by atoms with Crippen LogP contribution in [0.1, 0.15) is 43.4 Å². The van der Waals surface area contributed by atoms with Crippen LogP contribution in [-0.4, -0.2) is 6.61 Å². The molecule has 0 aliphatic carbocycles. The molecule has 0 aliphatic heterocycles. The number of thiophene rings is 1. The summed E-state index contributed by atoms with van der Waals surface area (Å²) in [7, 11) is 0. The molecule has 0 atom stereocenters. The van der Waals surface area contributed by atoms with E-state index in [1.54, 1.807) is 0 Å². The molecule has 1 aromatic heterocycles. The first-order chi connectivity index (χ1) is 10.7. The molecule has 0 fully saturated rings. The van der Waals surface area contributed by atoms with Crippen molar-refractivity contribution >= 4 is 31.5 Å². The third-order valence-corrected chi connectivity index (χ3v) is 5.81. The molecule has 2 heteroatoms. The molecule has 0 saturated carbocycles. The Morgan fingerprint density at radius 3 is 2.23 bits per heavy atom. The van der Waals surface area contributed by atoms with Gasteiger partial charge < -0.3 is 4.74 Å². The molecule has 0 spiro atoms. The SMILES string of the molecule is CCCOc1ccc2c(sc3c(C)c(CCC)ccc32)c1C. The topological polar surface area (TPSA) is 9.23 Å². The molecule has 0 bridgehead atoms. The molecule has 0 aliphatic rings. The number of aryl methyl sites for hydroxylation is 3. The van der Waals surface area contributed by atoms with Gasteiger partial charge in [0.1, 0.15) is 5.75 Å². The predicted molar refractivity (Wildman–Crippen MR) is 98.6 cm³/mol. The van der Waals surface area contributed by atoms with E-state index in [1.165, 1.54) is 49.7 Å². The van der Waals surface area contributed by atoms with E-state index >= 15 is 0 Å². The Hall–Kier alpha value is -1.54. The lowest BCUT2D eigenvalue weighted by Gasteiger charge is -2.08. The molecule has 1 nitrogen and oxygen atoms in total. The minimum Gasteiger partial charge on any atom is -0.493 e. The lowest BCUT2D eigenvalue weighted by atomic mass is 10.0. The van der Waals surface area contributed by atoms with Crippen molar-refractivity contribution in [1.29, 1.82) is 0 Å². The maximum absolute atomic E-state index is 5.89. The van der Waals surface area contributed by atoms with Crippen LogP contribution in [0.25, 0.3) is 20.2 Å². The summed E-state index contributed by atoms with van der Waals surface area (Å²) in [4.78, 5) is 0. The number of fused-ring (bicyclic) bond motifs is 3. The summed E-state index contributed by atoms with van der Waals surface area (Å²) >= 11 is 1.92. The van der Waals surface area contributed by atoms with Crippen LogP contribution >= 0.6 is 11.3 Å². The van der Waals surface area contributed by atoms with E-state index in [-0.39, 0.29) is 0 Å². The Morgan fingerprint density at radius 1 is 0.864 bits per heavy atom. The molecule has 0 saturated heterocycles. The van der Waals surface area contributed by atoms with Gasteiger partial charge in [0.05, 0.1) is 6.61 Å². The van der Waals surface area contributed by atoms with Gasteiger partial charge in [-0.25, -0.2) is 0 Å². The molecule has 2 aromatic carbocycles. The summed E-state index contributed by atoms with van der Waals surface area (Å²) in [6.07, 6.45) is 3.41. The summed E-state index contributed by atoms with van der Waals surface area (Å²) in [5, 5.41) is 2.76. The highest BCUT2D eigenvalue weighted by Gasteiger charge is 2.13. The number of hydrogen-bond acceptors (Lipinski definition) is 2. The molecule has 3 rings (SSSR count). The van der Waals surface area contributed by atoms with Crippen molar-refractivity contribution in [3.8, 4) is 5.75 Å². The van der Waals surface area contributed by atoms with Crippen LogP contribution in [0.3, 0.4) is 0 Å². The van der Waals surface area contributed by atoms with Gasteiger partial charge in [-0.3, -0.25) is 0 Å². The van der Waals surface area contributed by atoms with Crippen LogP contribution in [0.15, 0.2) is 24.3 Å².